The van der Waals surface area contributed by atoms with Crippen LogP contribution < -0.4 is 10.2 Å². The minimum Gasteiger partial charge on any atom is -0.360 e. The van der Waals surface area contributed by atoms with Crippen molar-refractivity contribution in [1.82, 2.24) is 5.32 Å². The zero-order valence-electron chi connectivity index (χ0n) is 11.9. The highest BCUT2D eigenvalue weighted by atomic mass is 35.5. The summed E-state index contributed by atoms with van der Waals surface area (Å²) in [6.45, 7) is 3.99. The number of hydrogen-bond donors (Lipinski definition) is 1. The zero-order valence-corrected chi connectivity index (χ0v) is 13.4. The first kappa shape index (κ1) is 14.7. The van der Waals surface area contributed by atoms with Gasteiger partial charge < -0.3 is 10.2 Å². The molecule has 2 nitrogen and oxygen atoms in total. The van der Waals surface area contributed by atoms with Crippen molar-refractivity contribution in [3.8, 4) is 0 Å². The Morgan fingerprint density at radius 1 is 1.10 bits per heavy atom. The third-order valence-corrected chi connectivity index (χ3v) is 4.46. The maximum atomic E-state index is 6.41. The van der Waals surface area contributed by atoms with Gasteiger partial charge in [-0.2, -0.15) is 0 Å². The number of rotatable bonds is 2. The van der Waals surface area contributed by atoms with Gasteiger partial charge in [-0.05, 0) is 30.7 Å². The third kappa shape index (κ3) is 3.18. The van der Waals surface area contributed by atoms with Gasteiger partial charge in [-0.15, -0.1) is 0 Å². The lowest BCUT2D eigenvalue weighted by molar-refractivity contribution is 0.416. The molecule has 0 spiro atoms. The smallest absolute Gasteiger partial charge is 0.0668 e. The van der Waals surface area contributed by atoms with Crippen LogP contribution in [0.1, 0.15) is 18.5 Å². The second-order valence-corrected chi connectivity index (χ2v) is 6.33. The Hall–Kier alpha value is -1.22. The molecule has 110 valence electrons. The van der Waals surface area contributed by atoms with E-state index in [1.807, 2.05) is 24.3 Å². The highest BCUT2D eigenvalue weighted by Crippen LogP contribution is 2.36. The summed E-state index contributed by atoms with van der Waals surface area (Å²) in [6.07, 6.45) is 0. The quantitative estimate of drug-likeness (QED) is 0.874. The highest BCUT2D eigenvalue weighted by molar-refractivity contribution is 6.35. The first-order valence-corrected chi connectivity index (χ1v) is 7.91. The molecule has 0 saturated carbocycles. The van der Waals surface area contributed by atoms with E-state index in [1.165, 1.54) is 5.56 Å². The number of benzene rings is 2. The molecule has 2 atom stereocenters. The molecule has 1 N–H and O–H groups in total. The van der Waals surface area contributed by atoms with E-state index in [-0.39, 0.29) is 6.04 Å². The van der Waals surface area contributed by atoms with E-state index in [1.54, 1.807) is 0 Å². The molecule has 0 aromatic heterocycles. The molecule has 2 aromatic carbocycles. The fourth-order valence-electron chi connectivity index (χ4n) is 2.85. The van der Waals surface area contributed by atoms with E-state index < -0.39 is 0 Å². The number of nitrogens with one attached hydrogen (secondary N) is 1. The summed E-state index contributed by atoms with van der Waals surface area (Å²) in [5.41, 5.74) is 2.29. The van der Waals surface area contributed by atoms with E-state index in [0.717, 1.165) is 23.8 Å². The molecule has 2 aromatic rings. The van der Waals surface area contributed by atoms with Gasteiger partial charge in [-0.3, -0.25) is 0 Å². The van der Waals surface area contributed by atoms with Crippen LogP contribution in [-0.4, -0.2) is 19.1 Å². The Morgan fingerprint density at radius 2 is 1.86 bits per heavy atom. The first-order valence-electron chi connectivity index (χ1n) is 7.15. The Kier molecular flexibility index (Phi) is 4.39. The predicted octanol–water partition coefficient (Wildman–Crippen LogP) is 4.53. The van der Waals surface area contributed by atoms with Crippen molar-refractivity contribution in [2.45, 2.75) is 19.0 Å². The predicted molar refractivity (Wildman–Crippen MR) is 90.5 cm³/mol. The Labute approximate surface area is 135 Å². The van der Waals surface area contributed by atoms with Crippen LogP contribution in [0.3, 0.4) is 0 Å². The first-order chi connectivity index (χ1) is 10.1. The highest BCUT2D eigenvalue weighted by Gasteiger charge is 2.28. The van der Waals surface area contributed by atoms with Gasteiger partial charge in [0.25, 0.3) is 0 Å². The SMILES string of the molecule is CC1CN(c2cc(Cl)ccc2Cl)C(c2ccccc2)CN1. The number of hydrogen-bond acceptors (Lipinski definition) is 2. The minimum atomic E-state index is 0.262. The van der Waals surface area contributed by atoms with Crippen LogP contribution in [0.15, 0.2) is 48.5 Å². The summed E-state index contributed by atoms with van der Waals surface area (Å²) < 4.78 is 0. The molecule has 3 rings (SSSR count). The van der Waals surface area contributed by atoms with Crippen molar-refractivity contribution in [3.05, 3.63) is 64.1 Å². The summed E-state index contributed by atoms with van der Waals surface area (Å²) >= 11 is 12.6. The van der Waals surface area contributed by atoms with Crippen molar-refractivity contribution in [2.75, 3.05) is 18.0 Å². The van der Waals surface area contributed by atoms with Crippen LogP contribution in [0.2, 0.25) is 10.0 Å². The molecule has 1 aliphatic heterocycles. The molecule has 0 radical (unpaired) electrons. The van der Waals surface area contributed by atoms with Gasteiger partial charge in [0.15, 0.2) is 0 Å². The summed E-state index contributed by atoms with van der Waals surface area (Å²) in [6, 6.07) is 16.8. The lowest BCUT2D eigenvalue weighted by Gasteiger charge is -2.41. The number of piperazine rings is 1. The number of anilines is 1. The van der Waals surface area contributed by atoms with Crippen LogP contribution >= 0.6 is 23.2 Å². The van der Waals surface area contributed by atoms with Gasteiger partial charge in [0.1, 0.15) is 0 Å². The van der Waals surface area contributed by atoms with Crippen molar-refractivity contribution in [1.29, 1.82) is 0 Å². The molecule has 4 heteroatoms. The molecule has 2 unspecified atom stereocenters. The van der Waals surface area contributed by atoms with Crippen LogP contribution in [0.25, 0.3) is 0 Å². The van der Waals surface area contributed by atoms with E-state index in [9.17, 15) is 0 Å². The van der Waals surface area contributed by atoms with Gasteiger partial charge in [-0.25, -0.2) is 0 Å². The van der Waals surface area contributed by atoms with Crippen molar-refractivity contribution in [3.63, 3.8) is 0 Å². The van der Waals surface area contributed by atoms with Crippen molar-refractivity contribution < 1.29 is 0 Å². The monoisotopic (exact) mass is 320 g/mol. The molecular weight excluding hydrogens is 303 g/mol. The van der Waals surface area contributed by atoms with E-state index in [2.05, 4.69) is 41.4 Å². The van der Waals surface area contributed by atoms with Gasteiger partial charge in [0, 0.05) is 24.2 Å². The fraction of sp³-hybridized carbons (Fsp3) is 0.294. The maximum absolute atomic E-state index is 6.41. The molecule has 0 amide bonds. The molecule has 0 aliphatic carbocycles. The second-order valence-electron chi connectivity index (χ2n) is 5.48. The molecule has 1 heterocycles. The van der Waals surface area contributed by atoms with Gasteiger partial charge in [-0.1, -0.05) is 53.5 Å². The van der Waals surface area contributed by atoms with Gasteiger partial charge >= 0.3 is 0 Å². The minimum absolute atomic E-state index is 0.262. The Balaban J connectivity index is 2.00. The lowest BCUT2D eigenvalue weighted by atomic mass is 10.0. The van der Waals surface area contributed by atoms with Crippen LogP contribution in [-0.2, 0) is 0 Å². The molecule has 1 fully saturated rings. The topological polar surface area (TPSA) is 15.3 Å². The van der Waals surface area contributed by atoms with E-state index in [4.69, 9.17) is 23.2 Å². The van der Waals surface area contributed by atoms with E-state index >= 15 is 0 Å². The molecule has 1 saturated heterocycles. The average Bonchev–Trinajstić information content (AvgIpc) is 2.50. The molecule has 21 heavy (non-hydrogen) atoms. The second kappa shape index (κ2) is 6.27. The van der Waals surface area contributed by atoms with Crippen LogP contribution in [0.5, 0.6) is 0 Å². The standard InChI is InChI=1S/C17H18Cl2N2/c1-12-11-21(16-9-14(18)7-8-15(16)19)17(10-20-12)13-5-3-2-4-6-13/h2-9,12,17,20H,10-11H2,1H3. The summed E-state index contributed by atoms with van der Waals surface area (Å²) in [5.74, 6) is 0. The molecular formula is C17H18Cl2N2. The number of halogens is 2. The normalized spacial score (nSPS) is 22.3. The molecule has 1 aliphatic rings. The zero-order chi connectivity index (χ0) is 14.8. The number of nitrogens with zero attached hydrogens (tertiary/aromatic N) is 1. The van der Waals surface area contributed by atoms with Gasteiger partial charge in [0.05, 0.1) is 16.8 Å². The lowest BCUT2D eigenvalue weighted by Crippen LogP contribution is -2.51. The maximum Gasteiger partial charge on any atom is 0.0668 e. The summed E-state index contributed by atoms with van der Waals surface area (Å²) in [5, 5.41) is 5.01. The average molecular weight is 321 g/mol. The Bertz CT molecular complexity index is 615. The molecule has 0 bridgehead atoms. The van der Waals surface area contributed by atoms with Crippen molar-refractivity contribution in [2.24, 2.45) is 0 Å². The van der Waals surface area contributed by atoms with E-state index in [0.29, 0.717) is 11.1 Å². The van der Waals surface area contributed by atoms with Gasteiger partial charge in [0.2, 0.25) is 0 Å². The third-order valence-electron chi connectivity index (χ3n) is 3.91. The fourth-order valence-corrected chi connectivity index (χ4v) is 3.25. The largest absolute Gasteiger partial charge is 0.360 e. The summed E-state index contributed by atoms with van der Waals surface area (Å²) in [7, 11) is 0. The van der Waals surface area contributed by atoms with Crippen molar-refractivity contribution >= 4 is 28.9 Å². The Morgan fingerprint density at radius 3 is 2.62 bits per heavy atom. The summed E-state index contributed by atoms with van der Waals surface area (Å²) in [4.78, 5) is 2.35. The van der Waals surface area contributed by atoms with Crippen LogP contribution in [0, 0.1) is 0 Å². The van der Waals surface area contributed by atoms with Crippen LogP contribution in [0.4, 0.5) is 5.69 Å².